The second-order valence-corrected chi connectivity index (χ2v) is 8.61. The van der Waals surface area contributed by atoms with E-state index >= 15 is 0 Å². The van der Waals surface area contributed by atoms with Crippen LogP contribution in [0.4, 0.5) is 4.79 Å². The van der Waals surface area contributed by atoms with E-state index in [1.54, 1.807) is 0 Å². The van der Waals surface area contributed by atoms with E-state index in [9.17, 15) is 4.79 Å². The van der Waals surface area contributed by atoms with Crippen LogP contribution in [-0.2, 0) is 4.74 Å². The predicted octanol–water partition coefficient (Wildman–Crippen LogP) is 3.99. The highest BCUT2D eigenvalue weighted by molar-refractivity contribution is 14.2. The van der Waals surface area contributed by atoms with Gasteiger partial charge in [0.1, 0.15) is 6.26 Å². The third-order valence-electron chi connectivity index (χ3n) is 1.29. The van der Waals surface area contributed by atoms with E-state index in [0.29, 0.717) is 8.48 Å². The van der Waals surface area contributed by atoms with Gasteiger partial charge in [0.15, 0.2) is 0 Å². The first-order valence-electron chi connectivity index (χ1n) is 4.16. The molecule has 0 fully saturated rings. The van der Waals surface area contributed by atoms with Gasteiger partial charge in [-0.3, -0.25) is 0 Å². The van der Waals surface area contributed by atoms with Crippen LogP contribution in [0.1, 0.15) is 19.8 Å². The highest BCUT2D eigenvalue weighted by Crippen LogP contribution is 2.25. The molecule has 3 nitrogen and oxygen atoms in total. The summed E-state index contributed by atoms with van der Waals surface area (Å²) in [5.41, 5.74) is 0. The van der Waals surface area contributed by atoms with Crippen molar-refractivity contribution in [2.45, 2.75) is 21.7 Å². The SMILES string of the molecule is CCCCNC(=O)OC=C(I)C(I)I. The summed E-state index contributed by atoms with van der Waals surface area (Å²) in [5, 5.41) is 2.66. The van der Waals surface area contributed by atoms with E-state index in [1.807, 2.05) is 0 Å². The molecular formula is C8H12I3NO2. The Balaban J connectivity index is 3.68. The van der Waals surface area contributed by atoms with Gasteiger partial charge in [-0.15, -0.1) is 0 Å². The molecule has 0 saturated carbocycles. The lowest BCUT2D eigenvalue weighted by Gasteiger charge is -2.03. The zero-order valence-electron chi connectivity index (χ0n) is 7.73. The molecule has 0 spiro atoms. The number of carbonyl (C=O) groups excluding carboxylic acids is 1. The lowest BCUT2D eigenvalue weighted by atomic mass is 10.3. The Hall–Kier alpha value is 1.20. The second-order valence-electron chi connectivity index (χ2n) is 2.49. The van der Waals surface area contributed by atoms with Crippen LogP contribution in [0.3, 0.4) is 0 Å². The largest absolute Gasteiger partial charge is 0.417 e. The van der Waals surface area contributed by atoms with Crippen molar-refractivity contribution in [2.24, 2.45) is 0 Å². The molecule has 0 unspecified atom stereocenters. The third-order valence-corrected chi connectivity index (χ3v) is 5.89. The first kappa shape index (κ1) is 15.2. The average Bonchev–Trinajstić information content (AvgIpc) is 2.14. The quantitative estimate of drug-likeness (QED) is 0.251. The Morgan fingerprint density at radius 2 is 2.21 bits per heavy atom. The van der Waals surface area contributed by atoms with E-state index in [4.69, 9.17) is 4.74 Å². The van der Waals surface area contributed by atoms with Crippen molar-refractivity contribution in [3.05, 3.63) is 9.84 Å². The summed E-state index contributed by atoms with van der Waals surface area (Å²) in [4.78, 5) is 11.1. The van der Waals surface area contributed by atoms with Gasteiger partial charge in [-0.1, -0.05) is 58.5 Å². The molecule has 0 aliphatic rings. The summed E-state index contributed by atoms with van der Waals surface area (Å²) in [6.45, 7) is 2.75. The number of allylic oxidation sites excluding steroid dienone is 1. The fraction of sp³-hybridized carbons (Fsp3) is 0.625. The number of hydrogen-bond acceptors (Lipinski definition) is 2. The van der Waals surface area contributed by atoms with E-state index in [1.165, 1.54) is 6.26 Å². The summed E-state index contributed by atoms with van der Waals surface area (Å²) in [5.74, 6) is 0. The molecule has 0 rings (SSSR count). The Morgan fingerprint density at radius 1 is 1.57 bits per heavy atom. The Kier molecular flexibility index (Phi) is 10.2. The van der Waals surface area contributed by atoms with Gasteiger partial charge in [0.25, 0.3) is 0 Å². The first-order valence-corrected chi connectivity index (χ1v) is 7.73. The van der Waals surface area contributed by atoms with Crippen LogP contribution in [0.5, 0.6) is 0 Å². The maximum absolute atomic E-state index is 11.1. The lowest BCUT2D eigenvalue weighted by molar-refractivity contribution is 0.185. The topological polar surface area (TPSA) is 38.3 Å². The fourth-order valence-electron chi connectivity index (χ4n) is 0.570. The monoisotopic (exact) mass is 535 g/mol. The van der Waals surface area contributed by atoms with E-state index in [2.05, 4.69) is 80.0 Å². The number of amides is 1. The maximum Gasteiger partial charge on any atom is 0.412 e. The van der Waals surface area contributed by atoms with Gasteiger partial charge >= 0.3 is 6.09 Å². The molecule has 0 aromatic heterocycles. The molecule has 0 bridgehead atoms. The number of alkyl halides is 2. The normalized spacial score (nSPS) is 11.6. The van der Waals surface area contributed by atoms with Crippen molar-refractivity contribution in [1.82, 2.24) is 5.32 Å². The van der Waals surface area contributed by atoms with Gasteiger partial charge in [0, 0.05) is 10.1 Å². The molecule has 14 heavy (non-hydrogen) atoms. The summed E-state index contributed by atoms with van der Waals surface area (Å²) in [7, 11) is 0. The summed E-state index contributed by atoms with van der Waals surface area (Å²) >= 11 is 6.65. The second kappa shape index (κ2) is 9.43. The van der Waals surface area contributed by atoms with Crippen LogP contribution in [-0.4, -0.2) is 14.6 Å². The van der Waals surface area contributed by atoms with Crippen LogP contribution >= 0.6 is 67.8 Å². The van der Waals surface area contributed by atoms with Crippen molar-refractivity contribution in [3.63, 3.8) is 0 Å². The Morgan fingerprint density at radius 3 is 2.71 bits per heavy atom. The van der Waals surface area contributed by atoms with Gasteiger partial charge in [-0.25, -0.2) is 4.79 Å². The third kappa shape index (κ3) is 8.50. The molecule has 1 amide bonds. The highest BCUT2D eigenvalue weighted by atomic mass is 127. The molecule has 0 aliphatic heterocycles. The molecule has 0 saturated heterocycles. The minimum absolute atomic E-state index is 0.342. The summed E-state index contributed by atoms with van der Waals surface area (Å²) < 4.78 is 6.23. The van der Waals surface area contributed by atoms with E-state index < -0.39 is 0 Å². The van der Waals surface area contributed by atoms with Gasteiger partial charge in [0.2, 0.25) is 0 Å². The van der Waals surface area contributed by atoms with Crippen molar-refractivity contribution in [3.8, 4) is 0 Å². The average molecular weight is 535 g/mol. The highest BCUT2D eigenvalue weighted by Gasteiger charge is 2.04. The van der Waals surface area contributed by atoms with Crippen LogP contribution in [0.15, 0.2) is 9.84 Å². The minimum atomic E-state index is -0.374. The van der Waals surface area contributed by atoms with Crippen molar-refractivity contribution < 1.29 is 9.53 Å². The molecule has 82 valence electrons. The number of nitrogens with one attached hydrogen (secondary N) is 1. The molecule has 0 heterocycles. The predicted molar refractivity (Wildman–Crippen MR) is 83.3 cm³/mol. The molecule has 0 atom stereocenters. The lowest BCUT2D eigenvalue weighted by Crippen LogP contribution is -2.23. The first-order chi connectivity index (χ1) is 6.57. The minimum Gasteiger partial charge on any atom is -0.417 e. The summed E-state index contributed by atoms with van der Waals surface area (Å²) in [6.07, 6.45) is 3.17. The van der Waals surface area contributed by atoms with Crippen LogP contribution in [0.25, 0.3) is 0 Å². The van der Waals surface area contributed by atoms with Crippen LogP contribution < -0.4 is 5.32 Å². The molecule has 0 aromatic carbocycles. The molecule has 0 aromatic rings. The van der Waals surface area contributed by atoms with Crippen molar-refractivity contribution >= 4 is 73.9 Å². The van der Waals surface area contributed by atoms with Crippen molar-refractivity contribution in [1.29, 1.82) is 0 Å². The molecule has 0 radical (unpaired) electrons. The van der Waals surface area contributed by atoms with Gasteiger partial charge in [-0.2, -0.15) is 0 Å². The zero-order valence-corrected chi connectivity index (χ0v) is 14.2. The fourth-order valence-corrected chi connectivity index (χ4v) is 0.991. The van der Waals surface area contributed by atoms with E-state index in [0.717, 1.165) is 16.4 Å². The number of alkyl carbamates (subject to hydrolysis) is 1. The number of ether oxygens (including phenoxy) is 1. The van der Waals surface area contributed by atoms with Gasteiger partial charge in [0.05, 0.1) is 1.93 Å². The number of hydrogen-bond donors (Lipinski definition) is 1. The van der Waals surface area contributed by atoms with Crippen molar-refractivity contribution in [2.75, 3.05) is 6.54 Å². The Labute approximate surface area is 125 Å². The number of unbranched alkanes of at least 4 members (excludes halogenated alkanes) is 1. The smallest absolute Gasteiger partial charge is 0.412 e. The number of halogens is 3. The summed E-state index contributed by atoms with van der Waals surface area (Å²) in [6, 6.07) is 0. The van der Waals surface area contributed by atoms with Gasteiger partial charge in [-0.05, 0) is 29.0 Å². The molecule has 0 aliphatic carbocycles. The Bertz CT molecular complexity index is 207. The van der Waals surface area contributed by atoms with Crippen LogP contribution in [0.2, 0.25) is 0 Å². The maximum atomic E-state index is 11.1. The standard InChI is InChI=1S/C8H12I3NO2/c1-2-3-4-12-8(13)14-5-6(9)7(10)11/h5,7H,2-4H2,1H3,(H,12,13). The number of carbonyl (C=O) groups is 1. The molecular weight excluding hydrogens is 523 g/mol. The zero-order chi connectivity index (χ0) is 11.0. The van der Waals surface area contributed by atoms with E-state index in [-0.39, 0.29) is 6.09 Å². The molecule has 1 N–H and O–H groups in total. The molecule has 6 heteroatoms. The van der Waals surface area contributed by atoms with Crippen LogP contribution in [0, 0.1) is 0 Å². The van der Waals surface area contributed by atoms with Gasteiger partial charge < -0.3 is 10.1 Å². The number of rotatable bonds is 5.